The average Bonchev–Trinajstić information content (AvgIpc) is 3.34. The fraction of sp³-hybridized carbons (Fsp3) is 0.250. The van der Waals surface area contributed by atoms with Gasteiger partial charge in [-0.25, -0.2) is 14.6 Å². The highest BCUT2D eigenvalue weighted by Gasteiger charge is 2.27. The number of aromatic nitrogens is 5. The van der Waals surface area contributed by atoms with E-state index in [1.54, 1.807) is 17.3 Å². The van der Waals surface area contributed by atoms with E-state index in [0.29, 0.717) is 53.7 Å². The van der Waals surface area contributed by atoms with Crippen molar-refractivity contribution in [2.45, 2.75) is 25.5 Å². The summed E-state index contributed by atoms with van der Waals surface area (Å²) >= 11 is 0. The number of hydrogen-bond acceptors (Lipinski definition) is 8. The molecule has 192 valence electrons. The van der Waals surface area contributed by atoms with Crippen molar-refractivity contribution in [1.29, 1.82) is 0 Å². The van der Waals surface area contributed by atoms with Crippen LogP contribution in [0.25, 0.3) is 11.0 Å². The second kappa shape index (κ2) is 11.4. The van der Waals surface area contributed by atoms with Crippen LogP contribution in [0.15, 0.2) is 67.8 Å². The molecule has 3 aromatic heterocycles. The lowest BCUT2D eigenvalue weighted by Crippen LogP contribution is -2.40. The minimum atomic E-state index is -0.0935. The number of carbonyl (C=O) groups is 1. The van der Waals surface area contributed by atoms with Crippen molar-refractivity contribution in [1.82, 2.24) is 29.6 Å². The van der Waals surface area contributed by atoms with Gasteiger partial charge in [-0.2, -0.15) is 5.10 Å². The first-order valence-corrected chi connectivity index (χ1v) is 12.3. The number of nitrogen functional groups attached to an aromatic ring is 1. The third-order valence-electron chi connectivity index (χ3n) is 6.20. The van der Waals surface area contributed by atoms with Crippen molar-refractivity contribution in [2.75, 3.05) is 25.4 Å². The molecule has 1 unspecified atom stereocenters. The molecule has 1 saturated heterocycles. The third kappa shape index (κ3) is 5.57. The zero-order valence-electron chi connectivity index (χ0n) is 20.8. The summed E-state index contributed by atoms with van der Waals surface area (Å²) in [4.78, 5) is 26.6. The van der Waals surface area contributed by atoms with Gasteiger partial charge in [0.25, 0.3) is 0 Å². The van der Waals surface area contributed by atoms with Gasteiger partial charge in [-0.15, -0.1) is 0 Å². The average molecular weight is 510 g/mol. The number of nitrogens with two attached hydrogens (primary N) is 1. The molecule has 0 aliphatic carbocycles. The molecule has 10 nitrogen and oxygen atoms in total. The van der Waals surface area contributed by atoms with Gasteiger partial charge in [0, 0.05) is 37.1 Å². The van der Waals surface area contributed by atoms with Crippen LogP contribution < -0.4 is 15.2 Å². The lowest BCUT2D eigenvalue weighted by molar-refractivity contribution is -0.127. The molecule has 1 aliphatic heterocycles. The summed E-state index contributed by atoms with van der Waals surface area (Å²) in [6.07, 6.45) is 7.95. The van der Waals surface area contributed by atoms with Crippen LogP contribution in [-0.2, 0) is 11.4 Å². The van der Waals surface area contributed by atoms with Gasteiger partial charge < -0.3 is 20.1 Å². The number of rotatable bonds is 7. The molecule has 0 spiro atoms. The fourth-order valence-electron chi connectivity index (χ4n) is 4.36. The number of anilines is 1. The topological polar surface area (TPSA) is 121 Å². The van der Waals surface area contributed by atoms with Crippen molar-refractivity contribution in [3.63, 3.8) is 0 Å². The Kier molecular flexibility index (Phi) is 7.45. The molecule has 38 heavy (non-hydrogen) atoms. The molecule has 5 rings (SSSR count). The Hall–Kier alpha value is -4.91. The third-order valence-corrected chi connectivity index (χ3v) is 6.20. The Labute approximate surface area is 220 Å². The van der Waals surface area contributed by atoms with Crippen LogP contribution in [0.4, 0.5) is 5.82 Å². The van der Waals surface area contributed by atoms with Crippen LogP contribution in [-0.4, -0.2) is 55.2 Å². The van der Waals surface area contributed by atoms with Gasteiger partial charge >= 0.3 is 0 Å². The first kappa shape index (κ1) is 24.8. The number of carbonyl (C=O) groups excluding carboxylic acids is 1. The Morgan fingerprint density at radius 2 is 2.08 bits per heavy atom. The summed E-state index contributed by atoms with van der Waals surface area (Å²) in [6.45, 7) is 5.36. The number of pyridine rings is 1. The molecule has 1 amide bonds. The number of benzene rings is 1. The van der Waals surface area contributed by atoms with Gasteiger partial charge in [0.15, 0.2) is 5.65 Å². The molecule has 4 aromatic rings. The highest BCUT2D eigenvalue weighted by Crippen LogP contribution is 2.28. The van der Waals surface area contributed by atoms with Crippen LogP contribution in [0.5, 0.6) is 11.5 Å². The fourth-order valence-corrected chi connectivity index (χ4v) is 4.36. The highest BCUT2D eigenvalue weighted by molar-refractivity contribution is 5.90. The summed E-state index contributed by atoms with van der Waals surface area (Å²) in [5.41, 5.74) is 8.23. The standard InChI is InChI=1S/C28H27N7O3/c1-2-25(36)34-13-5-8-21(17-34)35-28-26(27(29)31-19-32-28)24(33-35)11-6-14-37-22-9-3-10-23(15-22)38-18-20-7-4-12-30-16-20/h2-4,7,9-10,12,15-16,19,21H,1,5,8,13-14,17-18H2,(H2,29,31,32). The van der Waals surface area contributed by atoms with Crippen LogP contribution in [0.1, 0.15) is 30.1 Å². The molecular weight excluding hydrogens is 482 g/mol. The molecule has 0 saturated carbocycles. The SMILES string of the molecule is C=CC(=O)N1CCCC(n2nc(C#CCOc3cccc(OCc4cccnc4)c3)c3c(N)ncnc32)C1. The zero-order chi connectivity index (χ0) is 26.3. The number of nitrogens with zero attached hydrogens (tertiary/aromatic N) is 6. The number of fused-ring (bicyclic) bond motifs is 1. The van der Waals surface area contributed by atoms with Crippen LogP contribution in [0.3, 0.4) is 0 Å². The van der Waals surface area contributed by atoms with E-state index in [1.807, 2.05) is 41.1 Å². The smallest absolute Gasteiger partial charge is 0.246 e. The monoisotopic (exact) mass is 509 g/mol. The normalized spacial score (nSPS) is 14.9. The van der Waals surface area contributed by atoms with Crippen LogP contribution in [0, 0.1) is 11.8 Å². The minimum Gasteiger partial charge on any atom is -0.489 e. The maximum Gasteiger partial charge on any atom is 0.246 e. The van der Waals surface area contributed by atoms with Crippen molar-refractivity contribution >= 4 is 22.8 Å². The summed E-state index contributed by atoms with van der Waals surface area (Å²) in [6, 6.07) is 11.2. The summed E-state index contributed by atoms with van der Waals surface area (Å²) in [7, 11) is 0. The van der Waals surface area contributed by atoms with E-state index < -0.39 is 0 Å². The zero-order valence-corrected chi connectivity index (χ0v) is 20.8. The van der Waals surface area contributed by atoms with Crippen molar-refractivity contribution in [2.24, 2.45) is 0 Å². The number of piperidine rings is 1. The van der Waals surface area contributed by atoms with Gasteiger partial charge in [0.05, 0.1) is 11.4 Å². The lowest BCUT2D eigenvalue weighted by Gasteiger charge is -2.32. The molecule has 1 aliphatic rings. The summed E-state index contributed by atoms with van der Waals surface area (Å²) < 4.78 is 13.5. The Morgan fingerprint density at radius 3 is 2.89 bits per heavy atom. The predicted molar refractivity (Wildman–Crippen MR) is 142 cm³/mol. The molecule has 0 radical (unpaired) electrons. The van der Waals surface area contributed by atoms with E-state index in [-0.39, 0.29) is 18.6 Å². The van der Waals surface area contributed by atoms with E-state index in [1.165, 1.54) is 12.4 Å². The Morgan fingerprint density at radius 1 is 1.21 bits per heavy atom. The van der Waals surface area contributed by atoms with E-state index in [2.05, 4.69) is 33.4 Å². The lowest BCUT2D eigenvalue weighted by atomic mass is 10.1. The summed E-state index contributed by atoms with van der Waals surface area (Å²) in [5, 5.41) is 5.32. The molecule has 0 bridgehead atoms. The minimum absolute atomic E-state index is 0.0503. The maximum absolute atomic E-state index is 12.2. The van der Waals surface area contributed by atoms with Gasteiger partial charge in [0.1, 0.15) is 42.6 Å². The quantitative estimate of drug-likeness (QED) is 0.298. The number of amides is 1. The van der Waals surface area contributed by atoms with E-state index >= 15 is 0 Å². The Bertz CT molecular complexity index is 1510. The number of ether oxygens (including phenoxy) is 2. The Balaban J connectivity index is 1.29. The van der Waals surface area contributed by atoms with E-state index in [4.69, 9.17) is 20.3 Å². The second-order valence-corrected chi connectivity index (χ2v) is 8.75. The van der Waals surface area contributed by atoms with Crippen LogP contribution in [0.2, 0.25) is 0 Å². The predicted octanol–water partition coefficient (Wildman–Crippen LogP) is 3.16. The molecule has 10 heteroatoms. The van der Waals surface area contributed by atoms with E-state index in [0.717, 1.165) is 18.4 Å². The maximum atomic E-state index is 12.2. The molecule has 1 aromatic carbocycles. The summed E-state index contributed by atoms with van der Waals surface area (Å²) in [5.74, 6) is 7.61. The van der Waals surface area contributed by atoms with Gasteiger partial charge in [-0.05, 0) is 43.0 Å². The molecular formula is C28H27N7O3. The first-order chi connectivity index (χ1) is 18.6. The largest absolute Gasteiger partial charge is 0.489 e. The molecule has 4 heterocycles. The van der Waals surface area contributed by atoms with Gasteiger partial charge in [-0.3, -0.25) is 9.78 Å². The van der Waals surface area contributed by atoms with Gasteiger partial charge in [0.2, 0.25) is 5.91 Å². The van der Waals surface area contributed by atoms with Gasteiger partial charge in [-0.1, -0.05) is 24.6 Å². The van der Waals surface area contributed by atoms with E-state index in [9.17, 15) is 4.79 Å². The van der Waals surface area contributed by atoms with Crippen molar-refractivity contribution in [3.05, 3.63) is 79.0 Å². The first-order valence-electron chi connectivity index (χ1n) is 12.3. The highest BCUT2D eigenvalue weighted by atomic mass is 16.5. The molecule has 2 N–H and O–H groups in total. The van der Waals surface area contributed by atoms with Crippen molar-refractivity contribution < 1.29 is 14.3 Å². The second-order valence-electron chi connectivity index (χ2n) is 8.75. The number of hydrogen-bond donors (Lipinski definition) is 1. The molecule has 1 atom stereocenters. The molecule has 1 fully saturated rings. The van der Waals surface area contributed by atoms with Crippen LogP contribution >= 0.6 is 0 Å². The van der Waals surface area contributed by atoms with Crippen molar-refractivity contribution in [3.8, 4) is 23.3 Å². The number of likely N-dealkylation sites (tertiary alicyclic amines) is 1.